The molecule has 0 radical (unpaired) electrons. The molecule has 0 aliphatic carbocycles. The molecule has 0 atom stereocenters. The lowest BCUT2D eigenvalue weighted by Gasteiger charge is -2.10. The predicted molar refractivity (Wildman–Crippen MR) is 85.4 cm³/mol. The van der Waals surface area contributed by atoms with Crippen LogP contribution in [0, 0.1) is 0 Å². The Morgan fingerprint density at radius 1 is 1.00 bits per heavy atom. The standard InChI is InChI=1S/C17H15F3N2O3/c1-21-16(24)11-2-6-13(7-3-11)22-15(23)10-25-14-8-4-12(5-9-14)17(18,19)20/h2-9H,10H2,1H3,(H,21,24)(H,22,23). The van der Waals surface area contributed by atoms with E-state index in [2.05, 4.69) is 10.6 Å². The summed E-state index contributed by atoms with van der Waals surface area (Å²) in [6.07, 6.45) is -4.42. The molecule has 2 aromatic rings. The van der Waals surface area contributed by atoms with E-state index in [0.717, 1.165) is 24.3 Å². The average molecular weight is 352 g/mol. The summed E-state index contributed by atoms with van der Waals surface area (Å²) < 4.78 is 42.5. The molecule has 25 heavy (non-hydrogen) atoms. The first-order valence-electron chi connectivity index (χ1n) is 7.21. The van der Waals surface area contributed by atoms with Crippen molar-refractivity contribution >= 4 is 17.5 Å². The van der Waals surface area contributed by atoms with Crippen molar-refractivity contribution < 1.29 is 27.5 Å². The summed E-state index contributed by atoms with van der Waals surface area (Å²) in [6, 6.07) is 10.3. The molecular weight excluding hydrogens is 337 g/mol. The van der Waals surface area contributed by atoms with E-state index in [9.17, 15) is 22.8 Å². The van der Waals surface area contributed by atoms with Gasteiger partial charge in [-0.2, -0.15) is 13.2 Å². The number of ether oxygens (including phenoxy) is 1. The second-order valence-electron chi connectivity index (χ2n) is 5.02. The first kappa shape index (κ1) is 18.3. The van der Waals surface area contributed by atoms with E-state index in [0.29, 0.717) is 11.3 Å². The van der Waals surface area contributed by atoms with Crippen molar-refractivity contribution in [1.29, 1.82) is 0 Å². The van der Waals surface area contributed by atoms with Gasteiger partial charge in [0.25, 0.3) is 11.8 Å². The van der Waals surface area contributed by atoms with E-state index in [4.69, 9.17) is 4.74 Å². The summed E-state index contributed by atoms with van der Waals surface area (Å²) in [7, 11) is 1.51. The van der Waals surface area contributed by atoms with Crippen LogP contribution >= 0.6 is 0 Å². The van der Waals surface area contributed by atoms with E-state index in [1.165, 1.54) is 7.05 Å². The zero-order chi connectivity index (χ0) is 18.4. The Morgan fingerprint density at radius 3 is 2.12 bits per heavy atom. The van der Waals surface area contributed by atoms with Crippen molar-refractivity contribution in [3.63, 3.8) is 0 Å². The Balaban J connectivity index is 1.87. The fourth-order valence-electron chi connectivity index (χ4n) is 1.94. The number of hydrogen-bond acceptors (Lipinski definition) is 3. The van der Waals surface area contributed by atoms with Gasteiger partial charge in [-0.25, -0.2) is 0 Å². The molecule has 0 fully saturated rings. The number of halogens is 3. The van der Waals surface area contributed by atoms with Gasteiger partial charge in [-0.1, -0.05) is 0 Å². The molecule has 0 saturated carbocycles. The summed E-state index contributed by atoms with van der Waals surface area (Å²) in [4.78, 5) is 23.2. The number of anilines is 1. The molecular formula is C17H15F3N2O3. The SMILES string of the molecule is CNC(=O)c1ccc(NC(=O)COc2ccc(C(F)(F)F)cc2)cc1. The second-order valence-corrected chi connectivity index (χ2v) is 5.02. The van der Waals surface area contributed by atoms with Gasteiger partial charge >= 0.3 is 6.18 Å². The maximum absolute atomic E-state index is 12.4. The average Bonchev–Trinajstić information content (AvgIpc) is 2.59. The Labute approximate surface area is 141 Å². The molecule has 0 spiro atoms. The van der Waals surface area contributed by atoms with Crippen molar-refractivity contribution in [3.05, 3.63) is 59.7 Å². The Kier molecular flexibility index (Phi) is 5.63. The molecule has 5 nitrogen and oxygen atoms in total. The second kappa shape index (κ2) is 7.69. The fourth-order valence-corrected chi connectivity index (χ4v) is 1.94. The van der Waals surface area contributed by atoms with E-state index in [1.807, 2.05) is 0 Å². The molecule has 0 aliphatic rings. The zero-order valence-corrected chi connectivity index (χ0v) is 13.2. The van der Waals surface area contributed by atoms with Crippen molar-refractivity contribution in [2.75, 3.05) is 19.0 Å². The van der Waals surface area contributed by atoms with Crippen molar-refractivity contribution in [1.82, 2.24) is 5.32 Å². The zero-order valence-electron chi connectivity index (χ0n) is 13.2. The lowest BCUT2D eigenvalue weighted by atomic mass is 10.2. The van der Waals surface area contributed by atoms with Gasteiger partial charge in [-0.3, -0.25) is 9.59 Å². The highest BCUT2D eigenvalue weighted by molar-refractivity contribution is 5.95. The minimum absolute atomic E-state index is 0.151. The van der Waals surface area contributed by atoms with Gasteiger partial charge in [0.2, 0.25) is 0 Å². The molecule has 8 heteroatoms. The first-order chi connectivity index (χ1) is 11.8. The van der Waals surface area contributed by atoms with Crippen LogP contribution in [0.25, 0.3) is 0 Å². The monoisotopic (exact) mass is 352 g/mol. The molecule has 0 aromatic heterocycles. The van der Waals surface area contributed by atoms with Crippen LogP contribution in [0.2, 0.25) is 0 Å². The molecule has 2 aromatic carbocycles. The lowest BCUT2D eigenvalue weighted by molar-refractivity contribution is -0.137. The van der Waals surface area contributed by atoms with Crippen LogP contribution in [-0.4, -0.2) is 25.5 Å². The number of carbonyl (C=O) groups excluding carboxylic acids is 2. The van der Waals surface area contributed by atoms with Crippen LogP contribution in [0.15, 0.2) is 48.5 Å². The lowest BCUT2D eigenvalue weighted by Crippen LogP contribution is -2.20. The maximum Gasteiger partial charge on any atom is 0.416 e. The van der Waals surface area contributed by atoms with E-state index in [-0.39, 0.29) is 18.3 Å². The summed E-state index contributed by atoms with van der Waals surface area (Å²) in [5.74, 6) is -0.575. The summed E-state index contributed by atoms with van der Waals surface area (Å²) in [6.45, 7) is -0.359. The molecule has 0 heterocycles. The van der Waals surface area contributed by atoms with Crippen LogP contribution in [-0.2, 0) is 11.0 Å². The molecule has 0 aliphatic heterocycles. The largest absolute Gasteiger partial charge is 0.484 e. The van der Waals surface area contributed by atoms with Gasteiger partial charge in [0.1, 0.15) is 5.75 Å². The fraction of sp³-hybridized carbons (Fsp3) is 0.176. The number of alkyl halides is 3. The van der Waals surface area contributed by atoms with E-state index in [1.54, 1.807) is 24.3 Å². The summed E-state index contributed by atoms with van der Waals surface area (Å²) >= 11 is 0. The molecule has 2 rings (SSSR count). The van der Waals surface area contributed by atoms with Gasteiger partial charge < -0.3 is 15.4 Å². The van der Waals surface area contributed by atoms with Gasteiger partial charge in [0.15, 0.2) is 6.61 Å². The minimum Gasteiger partial charge on any atom is -0.484 e. The molecule has 2 amide bonds. The molecule has 0 saturated heterocycles. The van der Waals surface area contributed by atoms with Crippen molar-refractivity contribution in [2.45, 2.75) is 6.18 Å². The third kappa shape index (κ3) is 5.23. The topological polar surface area (TPSA) is 67.4 Å². The van der Waals surface area contributed by atoms with Crippen LogP contribution in [0.5, 0.6) is 5.75 Å². The smallest absolute Gasteiger partial charge is 0.416 e. The van der Waals surface area contributed by atoms with E-state index < -0.39 is 17.6 Å². The molecule has 0 bridgehead atoms. The van der Waals surface area contributed by atoms with Gasteiger partial charge in [-0.05, 0) is 48.5 Å². The minimum atomic E-state index is -4.42. The van der Waals surface area contributed by atoms with Crippen LogP contribution in [0.4, 0.5) is 18.9 Å². The number of amides is 2. The van der Waals surface area contributed by atoms with Gasteiger partial charge in [0, 0.05) is 18.3 Å². The van der Waals surface area contributed by atoms with Gasteiger partial charge in [-0.15, -0.1) is 0 Å². The predicted octanol–water partition coefficient (Wildman–Crippen LogP) is 3.08. The Morgan fingerprint density at radius 2 is 1.60 bits per heavy atom. The van der Waals surface area contributed by atoms with Gasteiger partial charge in [0.05, 0.1) is 5.56 Å². The molecule has 132 valence electrons. The number of rotatable bonds is 5. The number of nitrogens with one attached hydrogen (secondary N) is 2. The Bertz CT molecular complexity index is 741. The molecule has 0 unspecified atom stereocenters. The summed E-state index contributed by atoms with van der Waals surface area (Å²) in [5.41, 5.74) is 0.121. The highest BCUT2D eigenvalue weighted by atomic mass is 19.4. The number of benzene rings is 2. The maximum atomic E-state index is 12.4. The Hall–Kier alpha value is -3.03. The van der Waals surface area contributed by atoms with Crippen LogP contribution < -0.4 is 15.4 Å². The summed E-state index contributed by atoms with van der Waals surface area (Å²) in [5, 5.41) is 5.03. The highest BCUT2D eigenvalue weighted by Crippen LogP contribution is 2.30. The van der Waals surface area contributed by atoms with E-state index >= 15 is 0 Å². The van der Waals surface area contributed by atoms with Crippen molar-refractivity contribution in [2.24, 2.45) is 0 Å². The first-order valence-corrected chi connectivity index (χ1v) is 7.21. The van der Waals surface area contributed by atoms with Crippen LogP contribution in [0.3, 0.4) is 0 Å². The highest BCUT2D eigenvalue weighted by Gasteiger charge is 2.30. The third-order valence-corrected chi connectivity index (χ3v) is 3.21. The third-order valence-electron chi connectivity index (χ3n) is 3.21. The van der Waals surface area contributed by atoms with Crippen molar-refractivity contribution in [3.8, 4) is 5.75 Å². The number of hydrogen-bond donors (Lipinski definition) is 2. The van der Waals surface area contributed by atoms with Crippen LogP contribution in [0.1, 0.15) is 15.9 Å². The quantitative estimate of drug-likeness (QED) is 0.869. The normalized spacial score (nSPS) is 10.9. The molecule has 2 N–H and O–H groups in total. The number of carbonyl (C=O) groups is 2.